The average molecular weight is 861 g/mol. The van der Waals surface area contributed by atoms with Gasteiger partial charge in [0.1, 0.15) is 11.4 Å². The van der Waals surface area contributed by atoms with Crippen LogP contribution in [0.3, 0.4) is 0 Å². The van der Waals surface area contributed by atoms with Gasteiger partial charge in [-0.15, -0.1) is 5.10 Å². The molecular weight excluding hydrogens is 801 g/mol. The number of fused-ring (bicyclic) bond motifs is 1. The van der Waals surface area contributed by atoms with Crippen LogP contribution >= 0.6 is 0 Å². The molecule has 1 saturated carbocycles. The standard InChI is InChI=1S/C56H60N8O/c1-3-5-22-38-62(55(65)57-47-31-20-11-21-32-47)48-35-37-52-51(40-48)58-53(33-6-4-2)63(52)41-42-34-36-49(43-23-12-7-13-24-43)50(39-42)54-59-60-61-64(54)56(44-25-14-8-15-26-44,45-27-16-9-17-28-45)46-29-18-10-19-30-46/h7-10,12-19,23-30,34-37,39-40,47H,3-6,11,20-22,31-33,38,41H2,1-2H3,(H,57,65). The van der Waals surface area contributed by atoms with E-state index in [0.717, 1.165) is 113 Å². The first-order valence-corrected chi connectivity index (χ1v) is 23.8. The number of anilines is 1. The van der Waals surface area contributed by atoms with E-state index in [2.05, 4.69) is 181 Å². The van der Waals surface area contributed by atoms with Gasteiger partial charge in [0, 0.05) is 36.8 Å². The van der Waals surface area contributed by atoms with Gasteiger partial charge in [-0.25, -0.2) is 14.5 Å². The smallest absolute Gasteiger partial charge is 0.322 e. The number of hydrogen-bond donors (Lipinski definition) is 1. The molecule has 9 rings (SSSR count). The van der Waals surface area contributed by atoms with Crippen LogP contribution < -0.4 is 10.2 Å². The molecule has 1 N–H and O–H groups in total. The topological polar surface area (TPSA) is 93.8 Å². The first-order chi connectivity index (χ1) is 32.1. The number of unbranched alkanes of at least 4 members (excludes halogenated alkanes) is 3. The molecule has 0 radical (unpaired) electrons. The fraction of sp³-hybridized carbons (Fsp3) is 0.304. The number of amides is 2. The Morgan fingerprint density at radius 2 is 1.32 bits per heavy atom. The van der Waals surface area contributed by atoms with Crippen LogP contribution in [0.1, 0.15) is 106 Å². The van der Waals surface area contributed by atoms with E-state index in [9.17, 15) is 4.79 Å². The van der Waals surface area contributed by atoms with Crippen molar-refractivity contribution >= 4 is 22.8 Å². The molecule has 1 aliphatic rings. The second kappa shape index (κ2) is 20.3. The number of aromatic nitrogens is 6. The Bertz CT molecular complexity index is 2680. The highest BCUT2D eigenvalue weighted by Crippen LogP contribution is 2.44. The quantitative estimate of drug-likeness (QED) is 0.0727. The molecule has 9 nitrogen and oxygen atoms in total. The molecule has 0 aliphatic heterocycles. The van der Waals surface area contributed by atoms with Crippen molar-refractivity contribution in [3.8, 4) is 22.5 Å². The van der Waals surface area contributed by atoms with Crippen molar-refractivity contribution in [1.29, 1.82) is 0 Å². The summed E-state index contributed by atoms with van der Waals surface area (Å²) in [5.74, 6) is 1.70. The number of nitrogens with one attached hydrogen (secondary N) is 1. The molecule has 330 valence electrons. The van der Waals surface area contributed by atoms with Gasteiger partial charge in [0.05, 0.1) is 11.0 Å². The summed E-state index contributed by atoms with van der Waals surface area (Å²) in [7, 11) is 0. The minimum Gasteiger partial charge on any atom is -0.335 e. The summed E-state index contributed by atoms with van der Waals surface area (Å²) in [5.41, 5.74) is 9.23. The van der Waals surface area contributed by atoms with Gasteiger partial charge in [-0.2, -0.15) is 0 Å². The molecule has 2 amide bonds. The van der Waals surface area contributed by atoms with Crippen molar-refractivity contribution in [3.05, 3.63) is 186 Å². The van der Waals surface area contributed by atoms with Crippen molar-refractivity contribution < 1.29 is 4.79 Å². The Morgan fingerprint density at radius 3 is 1.95 bits per heavy atom. The molecular formula is C56H60N8O. The van der Waals surface area contributed by atoms with Gasteiger partial charge in [-0.05, 0) is 93.8 Å². The summed E-state index contributed by atoms with van der Waals surface area (Å²) in [6.45, 7) is 5.71. The lowest BCUT2D eigenvalue weighted by atomic mass is 9.77. The zero-order valence-electron chi connectivity index (χ0n) is 37.8. The average Bonchev–Trinajstić information content (AvgIpc) is 3.99. The lowest BCUT2D eigenvalue weighted by Crippen LogP contribution is -2.46. The summed E-state index contributed by atoms with van der Waals surface area (Å²) >= 11 is 0. The molecule has 1 aliphatic carbocycles. The number of nitrogens with zero attached hydrogens (tertiary/aromatic N) is 7. The predicted molar refractivity (Wildman–Crippen MR) is 263 cm³/mol. The molecule has 65 heavy (non-hydrogen) atoms. The molecule has 0 saturated heterocycles. The summed E-state index contributed by atoms with van der Waals surface area (Å²) in [6.07, 6.45) is 11.8. The van der Waals surface area contributed by atoms with Gasteiger partial charge in [0.15, 0.2) is 5.82 Å². The number of aryl methyl sites for hydroxylation is 1. The minimum atomic E-state index is -0.907. The van der Waals surface area contributed by atoms with Crippen molar-refractivity contribution in [3.63, 3.8) is 0 Å². The van der Waals surface area contributed by atoms with E-state index in [1.165, 1.54) is 19.3 Å². The number of imidazole rings is 1. The number of carbonyl (C=O) groups excluding carboxylic acids is 1. The Kier molecular flexibility index (Phi) is 13.6. The van der Waals surface area contributed by atoms with Gasteiger partial charge in [0.25, 0.3) is 0 Å². The number of rotatable bonds is 17. The van der Waals surface area contributed by atoms with Gasteiger partial charge >= 0.3 is 6.03 Å². The lowest BCUT2D eigenvalue weighted by molar-refractivity contribution is 0.238. The van der Waals surface area contributed by atoms with E-state index in [0.29, 0.717) is 18.9 Å². The summed E-state index contributed by atoms with van der Waals surface area (Å²) < 4.78 is 4.39. The van der Waals surface area contributed by atoms with Crippen LogP contribution in [0.2, 0.25) is 0 Å². The molecule has 2 aromatic heterocycles. The highest BCUT2D eigenvalue weighted by Gasteiger charge is 2.42. The van der Waals surface area contributed by atoms with Crippen LogP contribution in [0.5, 0.6) is 0 Å². The maximum absolute atomic E-state index is 14.0. The fourth-order valence-electron chi connectivity index (χ4n) is 9.82. The second-order valence-corrected chi connectivity index (χ2v) is 17.5. The first-order valence-electron chi connectivity index (χ1n) is 23.8. The maximum Gasteiger partial charge on any atom is 0.322 e. The van der Waals surface area contributed by atoms with Crippen molar-refractivity contribution in [2.24, 2.45) is 0 Å². The van der Waals surface area contributed by atoms with E-state index in [4.69, 9.17) is 15.3 Å². The summed E-state index contributed by atoms with van der Waals surface area (Å²) in [6, 6.07) is 55.5. The normalized spacial score (nSPS) is 13.3. The van der Waals surface area contributed by atoms with E-state index >= 15 is 0 Å². The van der Waals surface area contributed by atoms with Crippen molar-refractivity contribution in [2.45, 2.75) is 103 Å². The molecule has 6 aromatic carbocycles. The van der Waals surface area contributed by atoms with Crippen LogP contribution in [0.15, 0.2) is 158 Å². The van der Waals surface area contributed by atoms with E-state index < -0.39 is 5.54 Å². The molecule has 0 atom stereocenters. The third-order valence-electron chi connectivity index (χ3n) is 13.2. The van der Waals surface area contributed by atoms with Crippen molar-refractivity contribution in [2.75, 3.05) is 11.4 Å². The summed E-state index contributed by atoms with van der Waals surface area (Å²) in [5, 5.41) is 17.7. The molecule has 0 bridgehead atoms. The van der Waals surface area contributed by atoms with E-state index in [-0.39, 0.29) is 12.1 Å². The number of urea groups is 1. The Morgan fingerprint density at radius 1 is 0.692 bits per heavy atom. The van der Waals surface area contributed by atoms with Gasteiger partial charge in [-0.3, -0.25) is 4.90 Å². The molecule has 2 heterocycles. The molecule has 0 unspecified atom stereocenters. The zero-order chi connectivity index (χ0) is 44.4. The number of tetrazole rings is 1. The Hall–Kier alpha value is -6.87. The lowest BCUT2D eigenvalue weighted by Gasteiger charge is -2.36. The van der Waals surface area contributed by atoms with Gasteiger partial charge in [-0.1, -0.05) is 186 Å². The fourth-order valence-corrected chi connectivity index (χ4v) is 9.82. The Balaban J connectivity index is 1.16. The third-order valence-corrected chi connectivity index (χ3v) is 13.2. The summed E-state index contributed by atoms with van der Waals surface area (Å²) in [4.78, 5) is 21.2. The zero-order valence-corrected chi connectivity index (χ0v) is 37.8. The van der Waals surface area contributed by atoms with Gasteiger partial charge < -0.3 is 9.88 Å². The molecule has 9 heteroatoms. The van der Waals surface area contributed by atoms with Crippen LogP contribution in [-0.4, -0.2) is 48.4 Å². The Labute approximate surface area is 383 Å². The van der Waals surface area contributed by atoms with Crippen LogP contribution in [0.4, 0.5) is 10.5 Å². The highest BCUT2D eigenvalue weighted by molar-refractivity contribution is 5.94. The monoisotopic (exact) mass is 860 g/mol. The minimum absolute atomic E-state index is 0.00202. The number of carbonyl (C=O) groups is 1. The van der Waals surface area contributed by atoms with E-state index in [1.54, 1.807) is 0 Å². The van der Waals surface area contributed by atoms with Crippen LogP contribution in [0, 0.1) is 0 Å². The molecule has 1 fully saturated rings. The highest BCUT2D eigenvalue weighted by atomic mass is 16.2. The van der Waals surface area contributed by atoms with Crippen LogP contribution in [-0.2, 0) is 18.5 Å². The van der Waals surface area contributed by atoms with E-state index in [1.807, 2.05) is 15.6 Å². The largest absolute Gasteiger partial charge is 0.335 e. The van der Waals surface area contributed by atoms with Gasteiger partial charge in [0.2, 0.25) is 0 Å². The first kappa shape index (κ1) is 43.4. The second-order valence-electron chi connectivity index (χ2n) is 17.5. The number of hydrogen-bond acceptors (Lipinski definition) is 5. The predicted octanol–water partition coefficient (Wildman–Crippen LogP) is 12.6. The van der Waals surface area contributed by atoms with Crippen molar-refractivity contribution in [1.82, 2.24) is 35.1 Å². The molecule has 0 spiro atoms. The SMILES string of the molecule is CCCCCN(C(=O)NC1CCCCC1)c1ccc2c(c1)nc(CCCC)n2Cc1ccc(-c2ccccc2)c(-c2nnnn2C(c2ccccc2)(c2ccccc2)c2ccccc2)c1. The molecule has 8 aromatic rings. The maximum atomic E-state index is 14.0. The van der Waals surface area contributed by atoms with Crippen LogP contribution in [0.25, 0.3) is 33.5 Å². The third kappa shape index (κ3) is 9.10. The number of benzene rings is 6.